The molecule has 2 unspecified atom stereocenters. The third-order valence-electron chi connectivity index (χ3n) is 8.85. The summed E-state index contributed by atoms with van der Waals surface area (Å²) in [6, 6.07) is 24.4. The summed E-state index contributed by atoms with van der Waals surface area (Å²) in [5, 5.41) is 27.9. The number of piperazine rings is 2. The van der Waals surface area contributed by atoms with Gasteiger partial charge in [0.05, 0.1) is 20.8 Å². The van der Waals surface area contributed by atoms with Crippen LogP contribution in [-0.4, -0.2) is 154 Å². The quantitative estimate of drug-likeness (QED) is 0.0893. The largest absolute Gasteiger partial charge is 0.493 e. The predicted octanol–water partition coefficient (Wildman–Crippen LogP) is 5.13. The van der Waals surface area contributed by atoms with Gasteiger partial charge < -0.3 is 45.1 Å². The molecule has 0 aliphatic carbocycles. The summed E-state index contributed by atoms with van der Waals surface area (Å²) in [5.74, 6) is 0.352. The smallest absolute Gasteiger partial charge is 0.239 e. The van der Waals surface area contributed by atoms with Gasteiger partial charge in [0.1, 0.15) is 31.3 Å². The maximum atomic E-state index is 12.9. The molecule has 5 N–H and O–H groups in total. The van der Waals surface area contributed by atoms with Crippen LogP contribution in [0.3, 0.4) is 0 Å². The molecule has 4 aromatic rings. The Hall–Kier alpha value is -4.93. The van der Waals surface area contributed by atoms with E-state index < -0.39 is 96.3 Å². The highest BCUT2D eigenvalue weighted by molar-refractivity contribution is 6.29. The SMILES string of the molecule is Cc1cccc(C)c1NC(=O)CCl.[2H]C1([2H])N(CC(=O)Nc2c(C)cccc2C)C([2H])([2H])C([2H])([2H])N(CC(O)COc2ccccc2OC)C1([2H])[2H].[2H]C1([2H])NC([2H])([2H])C([2H])([2H])N(CC(O)COc2ccccc2OC)C1([2H])[2H]. The number of methoxy groups -OCH3 is 2. The van der Waals surface area contributed by atoms with Crippen molar-refractivity contribution >= 4 is 34.8 Å². The normalized spacial score (nSPS) is 25.5. The molecule has 2 aliphatic heterocycles. The summed E-state index contributed by atoms with van der Waals surface area (Å²) in [4.78, 5) is 24.8. The van der Waals surface area contributed by atoms with Crippen LogP contribution in [-0.2, 0) is 9.59 Å². The van der Waals surface area contributed by atoms with Crippen LogP contribution in [0.15, 0.2) is 84.9 Å². The molecule has 2 saturated heterocycles. The van der Waals surface area contributed by atoms with E-state index >= 15 is 0 Å². The van der Waals surface area contributed by atoms with Crippen LogP contribution in [0.1, 0.15) is 44.2 Å². The van der Waals surface area contributed by atoms with Gasteiger partial charge in [-0.3, -0.25) is 24.3 Å². The fourth-order valence-corrected chi connectivity index (χ4v) is 5.77. The fourth-order valence-electron chi connectivity index (χ4n) is 5.70. The van der Waals surface area contributed by atoms with E-state index in [9.17, 15) is 19.8 Å². The topological polar surface area (TPSA) is 157 Å². The Labute approximate surface area is 400 Å². The second-order valence-corrected chi connectivity index (χ2v) is 14.1. The minimum atomic E-state index is -3.19. The zero-order valence-corrected chi connectivity index (χ0v) is 36.8. The van der Waals surface area contributed by atoms with Crippen molar-refractivity contribution in [2.75, 3.05) is 116 Å². The lowest BCUT2D eigenvalue weighted by Gasteiger charge is -2.35. The van der Waals surface area contributed by atoms with Gasteiger partial charge in [0.25, 0.3) is 0 Å². The highest BCUT2D eigenvalue weighted by Crippen LogP contribution is 2.27. The van der Waals surface area contributed by atoms with Gasteiger partial charge in [0.2, 0.25) is 11.8 Å². The molecule has 4 aromatic carbocycles. The molecule has 2 amide bonds. The maximum Gasteiger partial charge on any atom is 0.239 e. The number of halogens is 1. The number of ether oxygens (including phenoxy) is 4. The minimum absolute atomic E-state index is 0.00618. The summed E-state index contributed by atoms with van der Waals surface area (Å²) in [7, 11) is 2.86. The molecule has 0 bridgehead atoms. The van der Waals surface area contributed by atoms with Crippen LogP contribution in [0.5, 0.6) is 23.0 Å². The van der Waals surface area contributed by atoms with Crippen molar-refractivity contribution in [3.63, 3.8) is 0 Å². The zero-order chi connectivity index (χ0) is 59.9. The van der Waals surface area contributed by atoms with Gasteiger partial charge in [-0.25, -0.2) is 0 Å². The number of nitrogens with one attached hydrogen (secondary N) is 3. The van der Waals surface area contributed by atoms with Crippen LogP contribution in [0.4, 0.5) is 11.4 Å². The Morgan fingerprint density at radius 2 is 1.00 bits per heavy atom. The molecule has 63 heavy (non-hydrogen) atoms. The number of hydrogen-bond donors (Lipinski definition) is 5. The lowest BCUT2D eigenvalue weighted by atomic mass is 10.1. The molecule has 0 saturated carbocycles. The molecule has 15 heteroatoms. The molecular weight excluding hydrogens is 824 g/mol. The number of alkyl halides is 1. The van der Waals surface area contributed by atoms with Crippen molar-refractivity contribution in [2.45, 2.75) is 39.9 Å². The van der Waals surface area contributed by atoms with Crippen LogP contribution in [0, 0.1) is 27.7 Å². The Kier molecular flexibility index (Phi) is 13.8. The maximum absolute atomic E-state index is 12.9. The number of aliphatic hydroxyl groups is 2. The molecule has 2 aliphatic rings. The van der Waals surface area contributed by atoms with Crippen LogP contribution in [0.2, 0.25) is 0 Å². The molecule has 2 heterocycles. The molecule has 0 spiro atoms. The van der Waals surface area contributed by atoms with Crippen LogP contribution >= 0.6 is 11.6 Å². The summed E-state index contributed by atoms with van der Waals surface area (Å²) >= 11 is 5.39. The number of carbonyl (C=O) groups is 2. The first-order valence-corrected chi connectivity index (χ1v) is 20.2. The Balaban J connectivity index is 0.000000289. The predicted molar refractivity (Wildman–Crippen MR) is 251 cm³/mol. The number of β-amino-alcohol motifs (C(OH)–C–C–N with tert-alkyl or cyclic N) is 2. The average Bonchev–Trinajstić information content (AvgIpc) is 3.57. The lowest BCUT2D eigenvalue weighted by molar-refractivity contribution is -0.118. The third kappa shape index (κ3) is 17.6. The first-order valence-electron chi connectivity index (χ1n) is 27.7. The zero-order valence-electron chi connectivity index (χ0n) is 52.0. The van der Waals surface area contributed by atoms with E-state index in [4.69, 9.17) is 52.5 Å². The van der Waals surface area contributed by atoms with Crippen molar-refractivity contribution in [3.8, 4) is 23.0 Å². The number of amides is 2. The molecule has 0 radical (unpaired) electrons. The second kappa shape index (κ2) is 27.3. The van der Waals surface area contributed by atoms with E-state index in [2.05, 4.69) is 10.6 Å². The van der Waals surface area contributed by atoms with Gasteiger partial charge in [0, 0.05) is 98.4 Å². The van der Waals surface area contributed by atoms with E-state index in [-0.39, 0.29) is 29.0 Å². The van der Waals surface area contributed by atoms with Gasteiger partial charge in [-0.15, -0.1) is 11.6 Å². The first kappa shape index (κ1) is 31.8. The minimum Gasteiger partial charge on any atom is -0.493 e. The number of nitrogens with zero attached hydrogens (tertiary/aromatic N) is 3. The van der Waals surface area contributed by atoms with Crippen molar-refractivity contribution in [1.82, 2.24) is 20.0 Å². The highest BCUT2D eigenvalue weighted by Gasteiger charge is 2.22. The number of aryl methyl sites for hydroxylation is 4. The van der Waals surface area contributed by atoms with Gasteiger partial charge in [-0.2, -0.15) is 0 Å². The van der Waals surface area contributed by atoms with Gasteiger partial charge >= 0.3 is 0 Å². The Bertz CT molecular complexity index is 2640. The fraction of sp³-hybridized carbons (Fsp3) is 0.458. The van der Waals surface area contributed by atoms with E-state index in [1.54, 1.807) is 85.9 Å². The monoisotopic (exact) mass is 907 g/mol. The summed E-state index contributed by atoms with van der Waals surface area (Å²) in [5.41, 5.74) is 4.86. The number of anilines is 2. The molecule has 0 aromatic heterocycles. The number of para-hydroxylation sites is 6. The molecule has 2 atom stereocenters. The molecule has 6 rings (SSSR count). The van der Waals surface area contributed by atoms with E-state index in [1.807, 2.05) is 32.0 Å². The summed E-state index contributed by atoms with van der Waals surface area (Å²) < 4.78 is 152. The van der Waals surface area contributed by atoms with Crippen molar-refractivity contribution < 1.29 is 60.7 Å². The van der Waals surface area contributed by atoms with E-state index in [0.29, 0.717) is 43.9 Å². The van der Waals surface area contributed by atoms with E-state index in [1.165, 1.54) is 14.2 Å². The highest BCUT2D eigenvalue weighted by atomic mass is 35.5. The van der Waals surface area contributed by atoms with E-state index in [0.717, 1.165) is 16.8 Å². The average molecular weight is 908 g/mol. The van der Waals surface area contributed by atoms with Crippen molar-refractivity contribution in [3.05, 3.63) is 107 Å². The standard InChI is InChI=1S/C24H33N3O4.C14H22N2O3.C10H12ClNO/c1-18-7-6-8-19(2)24(18)25-23(29)16-27-13-11-26(12-14-27)15-20(28)17-31-22-10-5-4-9-21(22)30-3;1-18-13-4-2-3-5-14(13)19-11-12(17)10-16-8-6-15-7-9-16;1-7-4-3-5-8(2)10(7)12-9(13)6-11/h4-10,20,28H,11-17H2,1-3H3,(H,25,29);2-5,12,15,17H,6-11H2,1H3;3-5H,6H2,1-2H3,(H,12,13)/i11D2,12D2,13D2,14D2;6D2,7D2,8D2,9D2;. The third-order valence-corrected chi connectivity index (χ3v) is 9.09. The lowest BCUT2D eigenvalue weighted by Crippen LogP contribution is -2.50. The number of aliphatic hydroxyl groups excluding tert-OH is 2. The van der Waals surface area contributed by atoms with Gasteiger partial charge in [0.15, 0.2) is 23.0 Å². The number of rotatable bonds is 17. The van der Waals surface area contributed by atoms with Gasteiger partial charge in [-0.1, -0.05) is 60.7 Å². The second-order valence-electron chi connectivity index (χ2n) is 13.8. The summed E-state index contributed by atoms with van der Waals surface area (Å²) in [6.07, 6.45) is -2.96. The van der Waals surface area contributed by atoms with Crippen LogP contribution in [0.25, 0.3) is 0 Å². The first-order chi connectivity index (χ1) is 36.4. The van der Waals surface area contributed by atoms with Crippen molar-refractivity contribution in [1.29, 1.82) is 0 Å². The van der Waals surface area contributed by atoms with Gasteiger partial charge in [-0.05, 0) is 74.2 Å². The van der Waals surface area contributed by atoms with Crippen molar-refractivity contribution in [2.24, 2.45) is 0 Å². The number of carbonyl (C=O) groups excluding carboxylic acids is 2. The number of benzene rings is 4. The molecule has 344 valence electrons. The van der Waals surface area contributed by atoms with Crippen LogP contribution < -0.4 is 34.9 Å². The number of hydrogen-bond acceptors (Lipinski definition) is 12. The molecule has 14 nitrogen and oxygen atoms in total. The molecule has 2 fully saturated rings. The molecular formula is C48H67ClN6O8. The Morgan fingerprint density at radius 3 is 1.41 bits per heavy atom. The summed E-state index contributed by atoms with van der Waals surface area (Å²) in [6.45, 7) is -20.3. The Morgan fingerprint density at radius 1 is 0.619 bits per heavy atom.